The van der Waals surface area contributed by atoms with Gasteiger partial charge in [-0.3, -0.25) is 19.9 Å². The van der Waals surface area contributed by atoms with Gasteiger partial charge in [0.15, 0.2) is 5.76 Å². The van der Waals surface area contributed by atoms with Gasteiger partial charge in [-0.2, -0.15) is 0 Å². The number of hydrogen-bond acceptors (Lipinski definition) is 7. The summed E-state index contributed by atoms with van der Waals surface area (Å²) in [5.74, 6) is 1.20. The minimum Gasteiger partial charge on any atom is -0.360 e. The molecule has 0 saturated carbocycles. The molecular weight excluding hydrogens is 298 g/mol. The molecule has 0 bridgehead atoms. The average molecular weight is 319 g/mol. The number of carbonyl (C=O) groups excluding carboxylic acids is 1. The van der Waals surface area contributed by atoms with E-state index < -0.39 is 0 Å². The second-order valence-electron chi connectivity index (χ2n) is 5.87. The number of aromatic nitrogens is 2. The summed E-state index contributed by atoms with van der Waals surface area (Å²) in [7, 11) is 0. The second kappa shape index (κ2) is 6.93. The summed E-state index contributed by atoms with van der Waals surface area (Å²) in [5.41, 5.74) is 1.65. The molecule has 2 aromatic heterocycles. The van der Waals surface area contributed by atoms with Crippen molar-refractivity contribution in [3.05, 3.63) is 29.3 Å². The van der Waals surface area contributed by atoms with E-state index in [-0.39, 0.29) is 5.91 Å². The first-order chi connectivity index (χ1) is 11.1. The molecule has 0 aliphatic carbocycles. The highest BCUT2D eigenvalue weighted by Crippen LogP contribution is 2.11. The zero-order valence-corrected chi connectivity index (χ0v) is 13.4. The minimum absolute atomic E-state index is 0.0829. The van der Waals surface area contributed by atoms with Crippen LogP contribution in [-0.2, 0) is 11.3 Å². The number of amides is 1. The summed E-state index contributed by atoms with van der Waals surface area (Å²) < 4.78 is 10.2. The number of rotatable bonds is 5. The Morgan fingerprint density at radius 2 is 1.74 bits per heavy atom. The molecule has 1 saturated heterocycles. The van der Waals surface area contributed by atoms with Crippen molar-refractivity contribution in [3.63, 3.8) is 0 Å². The van der Waals surface area contributed by atoms with Gasteiger partial charge in [0, 0.05) is 38.3 Å². The molecule has 0 unspecified atom stereocenters. The van der Waals surface area contributed by atoms with Crippen molar-refractivity contribution >= 4 is 11.8 Å². The van der Waals surface area contributed by atoms with E-state index in [9.17, 15) is 4.79 Å². The van der Waals surface area contributed by atoms with Gasteiger partial charge in [-0.25, -0.2) is 0 Å². The summed E-state index contributed by atoms with van der Waals surface area (Å²) in [4.78, 5) is 16.4. The molecule has 0 spiro atoms. The number of piperazine rings is 1. The highest BCUT2D eigenvalue weighted by Gasteiger charge is 2.20. The zero-order valence-electron chi connectivity index (χ0n) is 13.4. The maximum Gasteiger partial charge on any atom is 0.240 e. The van der Waals surface area contributed by atoms with Crippen LogP contribution in [0.2, 0.25) is 0 Å². The summed E-state index contributed by atoms with van der Waals surface area (Å²) in [6, 6.07) is 3.66. The largest absolute Gasteiger partial charge is 0.360 e. The van der Waals surface area contributed by atoms with Crippen LogP contribution in [0.1, 0.15) is 17.1 Å². The van der Waals surface area contributed by atoms with Crippen molar-refractivity contribution in [1.29, 1.82) is 0 Å². The molecule has 0 aromatic carbocycles. The van der Waals surface area contributed by atoms with Crippen molar-refractivity contribution in [3.8, 4) is 0 Å². The molecule has 1 fully saturated rings. The standard InChI is InChI=1S/C15H21N5O3/c1-11-7-13(22-17-11)9-19-3-5-20(6-4-19)10-14(21)16-15-8-12(2)18-23-15/h7-8H,3-6,9-10H2,1-2H3,(H,16,21). The molecule has 1 aliphatic heterocycles. The number of nitrogens with one attached hydrogen (secondary N) is 1. The average Bonchev–Trinajstić information content (AvgIpc) is 3.10. The third-order valence-electron chi connectivity index (χ3n) is 3.78. The van der Waals surface area contributed by atoms with Gasteiger partial charge >= 0.3 is 0 Å². The molecule has 124 valence electrons. The summed E-state index contributed by atoms with van der Waals surface area (Å²) in [5, 5.41) is 10.4. The van der Waals surface area contributed by atoms with Crippen molar-refractivity contribution in [1.82, 2.24) is 20.1 Å². The predicted octanol–water partition coefficient (Wildman–Crippen LogP) is 1.04. The molecule has 0 radical (unpaired) electrons. The Bertz CT molecular complexity index is 658. The first kappa shape index (κ1) is 15.7. The van der Waals surface area contributed by atoms with E-state index in [1.54, 1.807) is 6.07 Å². The number of nitrogens with zero attached hydrogens (tertiary/aromatic N) is 4. The van der Waals surface area contributed by atoms with Crippen molar-refractivity contribution in [2.75, 3.05) is 38.0 Å². The van der Waals surface area contributed by atoms with E-state index in [1.807, 2.05) is 19.9 Å². The fraction of sp³-hybridized carbons (Fsp3) is 0.533. The molecule has 8 nitrogen and oxygen atoms in total. The van der Waals surface area contributed by atoms with Crippen LogP contribution < -0.4 is 5.32 Å². The van der Waals surface area contributed by atoms with Gasteiger partial charge in [0.2, 0.25) is 11.8 Å². The van der Waals surface area contributed by atoms with E-state index >= 15 is 0 Å². The number of anilines is 1. The summed E-state index contributed by atoms with van der Waals surface area (Å²) >= 11 is 0. The zero-order chi connectivity index (χ0) is 16.2. The number of aryl methyl sites for hydroxylation is 2. The highest BCUT2D eigenvalue weighted by atomic mass is 16.5. The van der Waals surface area contributed by atoms with E-state index in [0.717, 1.165) is 49.9 Å². The summed E-state index contributed by atoms with van der Waals surface area (Å²) in [6.45, 7) is 8.33. The van der Waals surface area contributed by atoms with Crippen LogP contribution in [0, 0.1) is 13.8 Å². The van der Waals surface area contributed by atoms with Gasteiger partial charge in [-0.15, -0.1) is 0 Å². The molecule has 23 heavy (non-hydrogen) atoms. The Labute approximate surface area is 134 Å². The lowest BCUT2D eigenvalue weighted by Gasteiger charge is -2.33. The highest BCUT2D eigenvalue weighted by molar-refractivity contribution is 5.90. The topological polar surface area (TPSA) is 87.6 Å². The molecular formula is C15H21N5O3. The lowest BCUT2D eigenvalue weighted by Crippen LogP contribution is -2.48. The summed E-state index contributed by atoms with van der Waals surface area (Å²) in [6.07, 6.45) is 0. The Morgan fingerprint density at radius 3 is 2.35 bits per heavy atom. The molecule has 3 heterocycles. The molecule has 1 N–H and O–H groups in total. The minimum atomic E-state index is -0.0829. The van der Waals surface area contributed by atoms with Gasteiger partial charge in [0.25, 0.3) is 0 Å². The molecule has 8 heteroatoms. The quantitative estimate of drug-likeness (QED) is 0.880. The van der Waals surface area contributed by atoms with Gasteiger partial charge in [0.1, 0.15) is 0 Å². The normalized spacial score (nSPS) is 16.6. The maximum atomic E-state index is 12.0. The Balaban J connectivity index is 1.41. The van der Waals surface area contributed by atoms with Crippen molar-refractivity contribution in [2.45, 2.75) is 20.4 Å². The van der Waals surface area contributed by atoms with E-state index in [2.05, 4.69) is 25.4 Å². The van der Waals surface area contributed by atoms with Crippen LogP contribution in [0.25, 0.3) is 0 Å². The monoisotopic (exact) mass is 319 g/mol. The van der Waals surface area contributed by atoms with Gasteiger partial charge < -0.3 is 9.05 Å². The number of carbonyl (C=O) groups is 1. The Hall–Kier alpha value is -2.19. The first-order valence-corrected chi connectivity index (χ1v) is 7.68. The lowest BCUT2D eigenvalue weighted by atomic mass is 10.3. The van der Waals surface area contributed by atoms with Gasteiger partial charge in [-0.05, 0) is 13.8 Å². The van der Waals surface area contributed by atoms with Crippen LogP contribution in [0.3, 0.4) is 0 Å². The molecule has 2 aromatic rings. The van der Waals surface area contributed by atoms with Crippen LogP contribution >= 0.6 is 0 Å². The smallest absolute Gasteiger partial charge is 0.240 e. The molecule has 3 rings (SSSR count). The van der Waals surface area contributed by atoms with Crippen molar-refractivity contribution < 1.29 is 13.8 Å². The van der Waals surface area contributed by atoms with Gasteiger partial charge in [-0.1, -0.05) is 10.3 Å². The second-order valence-corrected chi connectivity index (χ2v) is 5.87. The van der Waals surface area contributed by atoms with E-state index in [1.165, 1.54) is 0 Å². The molecule has 1 aliphatic rings. The molecule has 1 amide bonds. The van der Waals surface area contributed by atoms with Crippen LogP contribution in [-0.4, -0.2) is 58.7 Å². The first-order valence-electron chi connectivity index (χ1n) is 7.68. The van der Waals surface area contributed by atoms with Crippen LogP contribution in [0.5, 0.6) is 0 Å². The lowest BCUT2D eigenvalue weighted by molar-refractivity contribution is -0.117. The Kier molecular flexibility index (Phi) is 4.73. The predicted molar refractivity (Wildman–Crippen MR) is 82.8 cm³/mol. The van der Waals surface area contributed by atoms with Gasteiger partial charge in [0.05, 0.1) is 24.5 Å². The Morgan fingerprint density at radius 1 is 1.09 bits per heavy atom. The van der Waals surface area contributed by atoms with E-state index in [4.69, 9.17) is 9.05 Å². The fourth-order valence-corrected chi connectivity index (χ4v) is 2.62. The van der Waals surface area contributed by atoms with Crippen LogP contribution in [0.4, 0.5) is 5.88 Å². The number of hydrogen-bond donors (Lipinski definition) is 1. The van der Waals surface area contributed by atoms with Crippen LogP contribution in [0.15, 0.2) is 21.2 Å². The van der Waals surface area contributed by atoms with Crippen molar-refractivity contribution in [2.24, 2.45) is 0 Å². The van der Waals surface area contributed by atoms with E-state index in [0.29, 0.717) is 12.4 Å². The third-order valence-corrected chi connectivity index (χ3v) is 3.78. The fourth-order valence-electron chi connectivity index (χ4n) is 2.62. The maximum absolute atomic E-state index is 12.0. The molecule has 0 atom stereocenters. The third kappa shape index (κ3) is 4.40. The SMILES string of the molecule is Cc1cc(CN2CCN(CC(=O)Nc3cc(C)no3)CC2)on1.